The third-order valence-corrected chi connectivity index (χ3v) is 5.07. The molecule has 0 radical (unpaired) electrons. The zero-order valence-corrected chi connectivity index (χ0v) is 15.2. The van der Waals surface area contributed by atoms with Crippen LogP contribution in [0.5, 0.6) is 0 Å². The molecule has 1 aromatic heterocycles. The Bertz CT molecular complexity index is 804. The lowest BCUT2D eigenvalue weighted by atomic mass is 10.1. The van der Waals surface area contributed by atoms with Gasteiger partial charge in [-0.2, -0.15) is 0 Å². The molecule has 1 heterocycles. The minimum Gasteiger partial charge on any atom is -0.301 e. The highest BCUT2D eigenvalue weighted by Gasteiger charge is 2.11. The lowest BCUT2D eigenvalue weighted by Gasteiger charge is -2.01. The molecule has 0 fully saturated rings. The van der Waals surface area contributed by atoms with Crippen LogP contribution in [0.25, 0.3) is 10.6 Å². The Hall–Kier alpha value is -1.80. The number of hydrogen-bond acceptors (Lipinski definition) is 4. The van der Waals surface area contributed by atoms with E-state index in [0.29, 0.717) is 11.6 Å². The molecule has 0 saturated carbocycles. The smallest absolute Gasteiger partial charge is 0.226 e. The molecule has 6 heteroatoms. The van der Waals surface area contributed by atoms with Crippen molar-refractivity contribution in [2.45, 2.75) is 12.8 Å². The minimum atomic E-state index is -0.0423. The number of aryl methyl sites for hydroxylation is 1. The van der Waals surface area contributed by atoms with Crippen molar-refractivity contribution in [3.05, 3.63) is 63.7 Å². The Morgan fingerprint density at radius 2 is 1.78 bits per heavy atom. The summed E-state index contributed by atoms with van der Waals surface area (Å²) in [6.45, 7) is 0. The number of carbonyl (C=O) groups is 1. The van der Waals surface area contributed by atoms with Crippen LogP contribution in [0.3, 0.4) is 0 Å². The van der Waals surface area contributed by atoms with Crippen LogP contribution in [0, 0.1) is 3.57 Å². The van der Waals surface area contributed by atoms with Crippen LogP contribution in [0.2, 0.25) is 0 Å². The van der Waals surface area contributed by atoms with E-state index in [-0.39, 0.29) is 5.91 Å². The highest BCUT2D eigenvalue weighted by atomic mass is 127. The van der Waals surface area contributed by atoms with Gasteiger partial charge in [0, 0.05) is 15.6 Å². The number of nitrogens with zero attached hydrogens (tertiary/aromatic N) is 2. The van der Waals surface area contributed by atoms with E-state index in [1.54, 1.807) is 0 Å². The number of rotatable bonds is 5. The molecule has 0 atom stereocenters. The molecule has 1 N–H and O–H groups in total. The molecule has 0 bridgehead atoms. The van der Waals surface area contributed by atoms with Gasteiger partial charge in [0.25, 0.3) is 0 Å². The fourth-order valence-corrected chi connectivity index (χ4v) is 3.73. The quantitative estimate of drug-likeness (QED) is 0.606. The van der Waals surface area contributed by atoms with Gasteiger partial charge in [-0.15, -0.1) is 10.2 Å². The van der Waals surface area contributed by atoms with Crippen LogP contribution in [-0.2, 0) is 11.2 Å². The molecule has 1 amide bonds. The first-order chi connectivity index (χ1) is 11.2. The molecule has 23 heavy (non-hydrogen) atoms. The predicted octanol–water partition coefficient (Wildman–Crippen LogP) is 4.38. The first-order valence-corrected chi connectivity index (χ1v) is 9.04. The van der Waals surface area contributed by atoms with E-state index < -0.39 is 0 Å². The fourth-order valence-electron chi connectivity index (χ4n) is 2.10. The van der Waals surface area contributed by atoms with Crippen LogP contribution in [0.15, 0.2) is 54.6 Å². The first-order valence-electron chi connectivity index (χ1n) is 7.14. The lowest BCUT2D eigenvalue weighted by molar-refractivity contribution is -0.116. The average Bonchev–Trinajstić information content (AvgIpc) is 3.02. The largest absolute Gasteiger partial charge is 0.301 e. The van der Waals surface area contributed by atoms with Crippen molar-refractivity contribution in [1.29, 1.82) is 0 Å². The first kappa shape index (κ1) is 16.1. The number of nitrogens with one attached hydrogen (secondary N) is 1. The third kappa shape index (κ3) is 4.35. The number of aromatic nitrogens is 2. The van der Waals surface area contributed by atoms with Crippen molar-refractivity contribution in [3.63, 3.8) is 0 Å². The minimum absolute atomic E-state index is 0.0423. The second kappa shape index (κ2) is 7.65. The number of hydrogen-bond donors (Lipinski definition) is 1. The van der Waals surface area contributed by atoms with Gasteiger partial charge < -0.3 is 5.32 Å². The monoisotopic (exact) mass is 435 g/mol. The topological polar surface area (TPSA) is 54.9 Å². The number of carbonyl (C=O) groups excluding carboxylic acids is 1. The molecule has 2 aromatic carbocycles. The van der Waals surface area contributed by atoms with E-state index in [2.05, 4.69) is 38.1 Å². The van der Waals surface area contributed by atoms with Crippen LogP contribution < -0.4 is 5.32 Å². The van der Waals surface area contributed by atoms with Crippen LogP contribution in [0.4, 0.5) is 5.13 Å². The van der Waals surface area contributed by atoms with Crippen LogP contribution in [-0.4, -0.2) is 16.1 Å². The van der Waals surface area contributed by atoms with E-state index in [9.17, 15) is 4.79 Å². The summed E-state index contributed by atoms with van der Waals surface area (Å²) in [6, 6.07) is 17.9. The number of benzene rings is 2. The Balaban J connectivity index is 1.61. The molecule has 0 aliphatic rings. The second-order valence-corrected chi connectivity index (χ2v) is 7.07. The fraction of sp³-hybridized carbons (Fsp3) is 0.118. The molecule has 3 rings (SSSR count). The molecule has 0 spiro atoms. The van der Waals surface area contributed by atoms with Gasteiger partial charge in [-0.1, -0.05) is 59.9 Å². The Labute approximate surface area is 152 Å². The summed E-state index contributed by atoms with van der Waals surface area (Å²) in [5.41, 5.74) is 2.19. The summed E-state index contributed by atoms with van der Waals surface area (Å²) in [7, 11) is 0. The van der Waals surface area contributed by atoms with Crippen molar-refractivity contribution >= 4 is 45.0 Å². The average molecular weight is 435 g/mol. The summed E-state index contributed by atoms with van der Waals surface area (Å²) in [6.07, 6.45) is 1.15. The summed E-state index contributed by atoms with van der Waals surface area (Å²) in [4.78, 5) is 12.0. The molecule has 3 aromatic rings. The predicted molar refractivity (Wildman–Crippen MR) is 101 cm³/mol. The maximum atomic E-state index is 12.0. The summed E-state index contributed by atoms with van der Waals surface area (Å²) in [5.74, 6) is -0.0423. The van der Waals surface area contributed by atoms with Gasteiger partial charge in [0.2, 0.25) is 11.0 Å². The highest BCUT2D eigenvalue weighted by molar-refractivity contribution is 14.1. The normalized spacial score (nSPS) is 10.5. The van der Waals surface area contributed by atoms with Crippen molar-refractivity contribution in [2.24, 2.45) is 0 Å². The summed E-state index contributed by atoms with van der Waals surface area (Å²) in [5, 5.41) is 12.4. The van der Waals surface area contributed by atoms with Gasteiger partial charge in [0.15, 0.2) is 5.01 Å². The van der Waals surface area contributed by atoms with Crippen LogP contribution in [0.1, 0.15) is 12.0 Å². The van der Waals surface area contributed by atoms with Gasteiger partial charge in [0.1, 0.15) is 0 Å². The van der Waals surface area contributed by atoms with Gasteiger partial charge in [-0.25, -0.2) is 0 Å². The van der Waals surface area contributed by atoms with Crippen molar-refractivity contribution in [1.82, 2.24) is 10.2 Å². The lowest BCUT2D eigenvalue weighted by Crippen LogP contribution is -2.12. The maximum absolute atomic E-state index is 12.0. The van der Waals surface area contributed by atoms with Gasteiger partial charge in [-0.05, 0) is 40.6 Å². The second-order valence-electron chi connectivity index (χ2n) is 4.93. The van der Waals surface area contributed by atoms with E-state index >= 15 is 0 Å². The molecule has 116 valence electrons. The SMILES string of the molecule is O=C(CCc1ccccc1)Nc1nnc(-c2ccccc2I)s1. The van der Waals surface area contributed by atoms with E-state index in [0.717, 1.165) is 26.1 Å². The number of anilines is 1. The Morgan fingerprint density at radius 1 is 1.04 bits per heavy atom. The molecule has 0 unspecified atom stereocenters. The summed E-state index contributed by atoms with van der Waals surface area (Å²) < 4.78 is 1.11. The molecule has 0 aliphatic carbocycles. The van der Waals surface area contributed by atoms with Crippen molar-refractivity contribution in [2.75, 3.05) is 5.32 Å². The van der Waals surface area contributed by atoms with Crippen molar-refractivity contribution < 1.29 is 4.79 Å². The Morgan fingerprint density at radius 3 is 2.57 bits per heavy atom. The van der Waals surface area contributed by atoms with Gasteiger partial charge in [0.05, 0.1) is 0 Å². The third-order valence-electron chi connectivity index (χ3n) is 3.26. The zero-order valence-electron chi connectivity index (χ0n) is 12.2. The molecular weight excluding hydrogens is 421 g/mol. The molecule has 0 aliphatic heterocycles. The van der Waals surface area contributed by atoms with E-state index in [1.807, 2.05) is 54.6 Å². The molecule has 4 nitrogen and oxygen atoms in total. The number of halogens is 1. The molecular formula is C17H14IN3OS. The number of amides is 1. The van der Waals surface area contributed by atoms with E-state index in [1.165, 1.54) is 11.3 Å². The standard InChI is InChI=1S/C17H14IN3OS/c18-14-9-5-4-8-13(14)16-20-21-17(23-16)19-15(22)11-10-12-6-2-1-3-7-12/h1-9H,10-11H2,(H,19,21,22). The Kier molecular flexibility index (Phi) is 5.35. The van der Waals surface area contributed by atoms with Gasteiger partial charge in [-0.3, -0.25) is 4.79 Å². The van der Waals surface area contributed by atoms with Crippen molar-refractivity contribution in [3.8, 4) is 10.6 Å². The zero-order chi connectivity index (χ0) is 16.1. The van der Waals surface area contributed by atoms with E-state index in [4.69, 9.17) is 0 Å². The molecule has 0 saturated heterocycles. The highest BCUT2D eigenvalue weighted by Crippen LogP contribution is 2.29. The van der Waals surface area contributed by atoms with Gasteiger partial charge >= 0.3 is 0 Å². The summed E-state index contributed by atoms with van der Waals surface area (Å²) >= 11 is 3.66. The van der Waals surface area contributed by atoms with Crippen LogP contribution >= 0.6 is 33.9 Å². The maximum Gasteiger partial charge on any atom is 0.226 e.